The van der Waals surface area contributed by atoms with Crippen molar-refractivity contribution in [3.8, 4) is 21.6 Å². The van der Waals surface area contributed by atoms with Gasteiger partial charge in [0.05, 0.1) is 4.88 Å². The average molecular weight is 368 g/mol. The van der Waals surface area contributed by atoms with E-state index in [1.165, 1.54) is 48.5 Å². The van der Waals surface area contributed by atoms with Gasteiger partial charge in [-0.3, -0.25) is 4.79 Å². The molecule has 0 fully saturated rings. The van der Waals surface area contributed by atoms with Crippen LogP contribution in [0.15, 0.2) is 54.6 Å². The van der Waals surface area contributed by atoms with E-state index < -0.39 is 28.5 Å². The molecule has 0 bridgehead atoms. The van der Waals surface area contributed by atoms with Gasteiger partial charge in [-0.25, -0.2) is 8.78 Å². The second-order valence-electron chi connectivity index (χ2n) is 5.19. The molecule has 0 spiro atoms. The van der Waals surface area contributed by atoms with E-state index in [9.17, 15) is 26.7 Å². The van der Waals surface area contributed by atoms with Crippen molar-refractivity contribution < 1.29 is 26.7 Å². The zero-order chi connectivity index (χ0) is 18.2. The summed E-state index contributed by atoms with van der Waals surface area (Å²) in [7, 11) is 0. The van der Waals surface area contributed by atoms with Crippen LogP contribution < -0.4 is 0 Å². The summed E-state index contributed by atoms with van der Waals surface area (Å²) in [5, 5.41) is 0. The highest BCUT2D eigenvalue weighted by Gasteiger charge is 2.40. The minimum Gasteiger partial charge on any atom is -0.283 e. The van der Waals surface area contributed by atoms with E-state index in [4.69, 9.17) is 0 Å². The first-order valence-electron chi connectivity index (χ1n) is 7.03. The lowest BCUT2D eigenvalue weighted by atomic mass is 10.0. The van der Waals surface area contributed by atoms with Gasteiger partial charge in [-0.2, -0.15) is 13.2 Å². The first-order chi connectivity index (χ1) is 11.8. The maximum Gasteiger partial charge on any atom is 0.455 e. The molecule has 2 aromatic carbocycles. The first-order valence-corrected chi connectivity index (χ1v) is 7.84. The Morgan fingerprint density at radius 3 is 1.76 bits per heavy atom. The Morgan fingerprint density at radius 1 is 0.800 bits per heavy atom. The molecule has 0 amide bonds. The van der Waals surface area contributed by atoms with Gasteiger partial charge in [-0.1, -0.05) is 24.3 Å². The normalized spacial score (nSPS) is 11.6. The summed E-state index contributed by atoms with van der Waals surface area (Å²) in [6.45, 7) is 0. The molecule has 1 nitrogen and oxygen atoms in total. The van der Waals surface area contributed by atoms with E-state index in [0.717, 1.165) is 6.07 Å². The minimum atomic E-state index is -5.00. The predicted octanol–water partition coefficient (Wildman–Crippen LogP) is 6.11. The molecule has 0 saturated carbocycles. The SMILES string of the molecule is O=C(c1cc(-c2ccc(F)cc2)c(-c2ccc(F)cc2)s1)C(F)(F)F. The lowest BCUT2D eigenvalue weighted by molar-refractivity contribution is -0.0882. The van der Waals surface area contributed by atoms with Crippen LogP contribution in [-0.2, 0) is 0 Å². The fourth-order valence-electron chi connectivity index (χ4n) is 2.30. The molecule has 0 aliphatic rings. The third kappa shape index (κ3) is 3.61. The second kappa shape index (κ2) is 6.40. The molecule has 7 heteroatoms. The van der Waals surface area contributed by atoms with Crippen LogP contribution in [-0.4, -0.2) is 12.0 Å². The van der Waals surface area contributed by atoms with Crippen molar-refractivity contribution in [3.63, 3.8) is 0 Å². The van der Waals surface area contributed by atoms with Crippen molar-refractivity contribution in [1.29, 1.82) is 0 Å². The van der Waals surface area contributed by atoms with Gasteiger partial charge in [-0.05, 0) is 41.5 Å². The van der Waals surface area contributed by atoms with Crippen LogP contribution in [0.3, 0.4) is 0 Å². The van der Waals surface area contributed by atoms with Gasteiger partial charge in [-0.15, -0.1) is 11.3 Å². The van der Waals surface area contributed by atoms with Crippen molar-refractivity contribution >= 4 is 17.1 Å². The van der Waals surface area contributed by atoms with Crippen LogP contribution in [0.1, 0.15) is 9.67 Å². The van der Waals surface area contributed by atoms with E-state index in [-0.39, 0.29) is 0 Å². The third-order valence-electron chi connectivity index (χ3n) is 3.47. The number of carbonyl (C=O) groups is 1. The number of ketones is 1. The Labute approximate surface area is 143 Å². The zero-order valence-electron chi connectivity index (χ0n) is 12.4. The molecule has 0 atom stereocenters. The van der Waals surface area contributed by atoms with Gasteiger partial charge in [0.1, 0.15) is 11.6 Å². The Bertz CT molecular complexity index is 845. The maximum absolute atomic E-state index is 13.1. The molecule has 3 aromatic rings. The number of halogens is 5. The number of alkyl halides is 3. The standard InChI is InChI=1S/C18H9F5OS/c19-12-5-1-10(2-6-12)14-9-15(17(24)18(21,22)23)25-16(14)11-3-7-13(20)8-4-11/h1-9H. The van der Waals surface area contributed by atoms with Crippen LogP contribution in [0, 0.1) is 11.6 Å². The first kappa shape index (κ1) is 17.3. The summed E-state index contributed by atoms with van der Waals surface area (Å²) in [5.41, 5.74) is 1.27. The highest BCUT2D eigenvalue weighted by Crippen LogP contribution is 2.41. The van der Waals surface area contributed by atoms with E-state index in [2.05, 4.69) is 0 Å². The molecule has 3 rings (SSSR count). The molecular formula is C18H9F5OS. The summed E-state index contributed by atoms with van der Waals surface area (Å²) >= 11 is 0.667. The fraction of sp³-hybridized carbons (Fsp3) is 0.0556. The summed E-state index contributed by atoms with van der Waals surface area (Å²) in [6.07, 6.45) is -5.00. The van der Waals surface area contributed by atoms with Crippen LogP contribution in [0.25, 0.3) is 21.6 Å². The van der Waals surface area contributed by atoms with Gasteiger partial charge < -0.3 is 0 Å². The summed E-state index contributed by atoms with van der Waals surface area (Å²) < 4.78 is 64.5. The summed E-state index contributed by atoms with van der Waals surface area (Å²) in [5.74, 6) is -2.93. The molecular weight excluding hydrogens is 359 g/mol. The highest BCUT2D eigenvalue weighted by molar-refractivity contribution is 7.18. The number of benzene rings is 2. The molecule has 0 saturated heterocycles. The minimum absolute atomic E-state index is 0.351. The van der Waals surface area contributed by atoms with Crippen LogP contribution in [0.5, 0.6) is 0 Å². The van der Waals surface area contributed by atoms with Crippen molar-refractivity contribution in [3.05, 3.63) is 71.1 Å². The smallest absolute Gasteiger partial charge is 0.283 e. The van der Waals surface area contributed by atoms with Crippen LogP contribution in [0.4, 0.5) is 22.0 Å². The monoisotopic (exact) mass is 368 g/mol. The Kier molecular flexibility index (Phi) is 4.43. The molecule has 25 heavy (non-hydrogen) atoms. The maximum atomic E-state index is 13.1. The molecule has 0 aliphatic heterocycles. The molecule has 128 valence electrons. The van der Waals surface area contributed by atoms with Crippen molar-refractivity contribution in [2.45, 2.75) is 6.18 Å². The van der Waals surface area contributed by atoms with Gasteiger partial charge in [0.2, 0.25) is 0 Å². The number of carbonyl (C=O) groups excluding carboxylic acids is 1. The number of hydrogen-bond acceptors (Lipinski definition) is 2. The highest BCUT2D eigenvalue weighted by atomic mass is 32.1. The predicted molar refractivity (Wildman–Crippen MR) is 85.5 cm³/mol. The van der Waals surface area contributed by atoms with E-state index in [0.29, 0.717) is 32.9 Å². The molecule has 0 radical (unpaired) electrons. The molecule has 0 aliphatic carbocycles. The van der Waals surface area contributed by atoms with Crippen molar-refractivity contribution in [2.24, 2.45) is 0 Å². The average Bonchev–Trinajstić information content (AvgIpc) is 2.99. The van der Waals surface area contributed by atoms with Gasteiger partial charge in [0.25, 0.3) is 5.78 Å². The largest absolute Gasteiger partial charge is 0.455 e. The van der Waals surface area contributed by atoms with Crippen LogP contribution >= 0.6 is 11.3 Å². The van der Waals surface area contributed by atoms with Gasteiger partial charge in [0.15, 0.2) is 0 Å². The number of thiophene rings is 1. The Hall–Kier alpha value is -2.54. The summed E-state index contributed by atoms with van der Waals surface area (Å²) in [6, 6.07) is 11.5. The van der Waals surface area contributed by atoms with Crippen molar-refractivity contribution in [2.75, 3.05) is 0 Å². The van der Waals surface area contributed by atoms with Crippen LogP contribution in [0.2, 0.25) is 0 Å². The second-order valence-corrected chi connectivity index (χ2v) is 6.25. The number of Topliss-reactive ketones (excluding diaryl/α,β-unsaturated/α-hetero) is 1. The Balaban J connectivity index is 2.17. The summed E-state index contributed by atoms with van der Waals surface area (Å²) in [4.78, 5) is 11.5. The van der Waals surface area contributed by atoms with Crippen molar-refractivity contribution in [1.82, 2.24) is 0 Å². The molecule has 0 unspecified atom stereocenters. The van der Waals surface area contributed by atoms with Gasteiger partial charge >= 0.3 is 6.18 Å². The van der Waals surface area contributed by atoms with E-state index in [1.807, 2.05) is 0 Å². The van der Waals surface area contributed by atoms with Gasteiger partial charge in [0, 0.05) is 10.4 Å². The number of rotatable bonds is 3. The zero-order valence-corrected chi connectivity index (χ0v) is 13.2. The van der Waals surface area contributed by atoms with E-state index in [1.54, 1.807) is 0 Å². The topological polar surface area (TPSA) is 17.1 Å². The molecule has 1 aromatic heterocycles. The lowest BCUT2D eigenvalue weighted by Gasteiger charge is -2.04. The quantitative estimate of drug-likeness (QED) is 0.403. The number of hydrogen-bond donors (Lipinski definition) is 0. The molecule has 1 heterocycles. The Morgan fingerprint density at radius 2 is 1.28 bits per heavy atom. The third-order valence-corrected chi connectivity index (χ3v) is 4.66. The molecule has 0 N–H and O–H groups in total. The van der Waals surface area contributed by atoms with E-state index >= 15 is 0 Å². The lowest BCUT2D eigenvalue weighted by Crippen LogP contribution is -2.21. The fourth-order valence-corrected chi connectivity index (χ4v) is 3.45.